The quantitative estimate of drug-likeness (QED) is 0.764. The second kappa shape index (κ2) is 9.70. The fourth-order valence-corrected chi connectivity index (χ4v) is 3.79. The fourth-order valence-electron chi connectivity index (χ4n) is 3.79. The topological polar surface area (TPSA) is 80.3 Å². The van der Waals surface area contributed by atoms with E-state index in [0.29, 0.717) is 56.6 Å². The zero-order valence-electron chi connectivity index (χ0n) is 17.6. The minimum atomic E-state index is -0.670. The van der Waals surface area contributed by atoms with Gasteiger partial charge >= 0.3 is 0 Å². The summed E-state index contributed by atoms with van der Waals surface area (Å²) in [6.45, 7) is 4.95. The van der Waals surface area contributed by atoms with E-state index in [1.54, 1.807) is 11.0 Å². The lowest BCUT2D eigenvalue weighted by molar-refractivity contribution is -0.142. The Morgan fingerprint density at radius 1 is 1.10 bits per heavy atom. The zero-order chi connectivity index (χ0) is 21.6. The summed E-state index contributed by atoms with van der Waals surface area (Å²) in [4.78, 5) is 29.5. The van der Waals surface area contributed by atoms with Gasteiger partial charge in [-0.2, -0.15) is 0 Å². The highest BCUT2D eigenvalue weighted by molar-refractivity contribution is 5.96. The molecule has 0 aliphatic carbocycles. The van der Waals surface area contributed by atoms with Crippen molar-refractivity contribution >= 4 is 23.2 Å². The van der Waals surface area contributed by atoms with Gasteiger partial charge in [0.15, 0.2) is 6.10 Å². The van der Waals surface area contributed by atoms with E-state index in [4.69, 9.17) is 14.2 Å². The van der Waals surface area contributed by atoms with E-state index < -0.39 is 6.10 Å². The highest BCUT2D eigenvalue weighted by Crippen LogP contribution is 2.33. The average molecular weight is 425 g/mol. The lowest BCUT2D eigenvalue weighted by Gasteiger charge is -2.38. The number of fused-ring (bicyclic) bond motifs is 1. The number of carbonyl (C=O) groups excluding carboxylic acids is 2. The third-order valence-corrected chi connectivity index (χ3v) is 5.26. The van der Waals surface area contributed by atoms with Gasteiger partial charge in [-0.1, -0.05) is 24.3 Å². The van der Waals surface area contributed by atoms with Crippen LogP contribution < -0.4 is 19.7 Å². The lowest BCUT2D eigenvalue weighted by Crippen LogP contribution is -2.53. The van der Waals surface area contributed by atoms with Crippen molar-refractivity contribution in [1.29, 1.82) is 0 Å². The number of carbonyl (C=O) groups is 2. The summed E-state index contributed by atoms with van der Waals surface area (Å²) in [6.07, 6.45) is -0.670. The third kappa shape index (κ3) is 4.91. The van der Waals surface area contributed by atoms with Crippen molar-refractivity contribution in [3.63, 3.8) is 0 Å². The molecule has 8 heteroatoms. The van der Waals surface area contributed by atoms with Crippen molar-refractivity contribution in [2.24, 2.45) is 0 Å². The van der Waals surface area contributed by atoms with E-state index in [2.05, 4.69) is 5.32 Å². The normalized spacial score (nSPS) is 18.0. The van der Waals surface area contributed by atoms with Gasteiger partial charge in [0.25, 0.3) is 5.91 Å². The molecule has 0 spiro atoms. The van der Waals surface area contributed by atoms with E-state index in [-0.39, 0.29) is 18.4 Å². The van der Waals surface area contributed by atoms with Crippen molar-refractivity contribution in [3.05, 3.63) is 48.5 Å². The first-order chi connectivity index (χ1) is 15.2. The number of rotatable bonds is 6. The second-order valence-corrected chi connectivity index (χ2v) is 7.37. The second-order valence-electron chi connectivity index (χ2n) is 7.37. The van der Waals surface area contributed by atoms with Gasteiger partial charge in [-0.3, -0.25) is 9.59 Å². The average Bonchev–Trinajstić information content (AvgIpc) is 2.80. The van der Waals surface area contributed by atoms with E-state index in [0.717, 1.165) is 5.69 Å². The van der Waals surface area contributed by atoms with E-state index >= 15 is 0 Å². The van der Waals surface area contributed by atoms with Gasteiger partial charge in [-0.15, -0.1) is 0 Å². The predicted molar refractivity (Wildman–Crippen MR) is 117 cm³/mol. The zero-order valence-corrected chi connectivity index (χ0v) is 17.6. The molecular weight excluding hydrogens is 398 g/mol. The first-order valence-corrected chi connectivity index (χ1v) is 10.5. The molecule has 2 amide bonds. The number of benzene rings is 2. The standard InChI is InChI=1S/C23H27N3O5/c1-2-30-19-9-5-3-7-17(19)24-22(27)16-26-15-21(23(28)25-11-13-29-14-12-25)31-20-10-6-4-8-18(20)26/h3-10,21H,2,11-16H2,1H3,(H,24,27)/t21-/m1/s1. The van der Waals surface area contributed by atoms with Crippen molar-refractivity contribution in [2.45, 2.75) is 13.0 Å². The lowest BCUT2D eigenvalue weighted by atomic mass is 10.1. The van der Waals surface area contributed by atoms with Crippen LogP contribution in [0.3, 0.4) is 0 Å². The summed E-state index contributed by atoms with van der Waals surface area (Å²) in [5.74, 6) is 0.954. The summed E-state index contributed by atoms with van der Waals surface area (Å²) in [6, 6.07) is 14.8. The molecule has 2 aliphatic heterocycles. The fraction of sp³-hybridized carbons (Fsp3) is 0.391. The van der Waals surface area contributed by atoms with Gasteiger partial charge in [-0.25, -0.2) is 0 Å². The van der Waals surface area contributed by atoms with Crippen LogP contribution in [-0.4, -0.2) is 68.8 Å². The largest absolute Gasteiger partial charge is 0.492 e. The van der Waals surface area contributed by atoms with Gasteiger partial charge in [0.2, 0.25) is 5.91 Å². The number of hydrogen-bond acceptors (Lipinski definition) is 6. The van der Waals surface area contributed by atoms with Gasteiger partial charge in [0.05, 0.1) is 44.3 Å². The molecular formula is C23H27N3O5. The summed E-state index contributed by atoms with van der Waals surface area (Å²) in [5, 5.41) is 2.92. The third-order valence-electron chi connectivity index (χ3n) is 5.26. The number of anilines is 2. The molecule has 4 rings (SSSR count). The molecule has 0 aromatic heterocycles. The van der Waals surface area contributed by atoms with Crippen molar-refractivity contribution in [1.82, 2.24) is 4.90 Å². The smallest absolute Gasteiger partial charge is 0.265 e. The molecule has 2 aromatic carbocycles. The number of para-hydroxylation sites is 4. The SMILES string of the molecule is CCOc1ccccc1NC(=O)CN1C[C@H](C(=O)N2CCOCC2)Oc2ccccc21. The monoisotopic (exact) mass is 425 g/mol. The number of nitrogens with one attached hydrogen (secondary N) is 1. The maximum atomic E-state index is 13.0. The van der Waals surface area contributed by atoms with Crippen LogP contribution in [0.15, 0.2) is 48.5 Å². The van der Waals surface area contributed by atoms with Crippen LogP contribution in [0.4, 0.5) is 11.4 Å². The Balaban J connectivity index is 1.48. The Morgan fingerprint density at radius 2 is 1.84 bits per heavy atom. The predicted octanol–water partition coefficient (Wildman–Crippen LogP) is 2.15. The highest BCUT2D eigenvalue weighted by atomic mass is 16.5. The van der Waals surface area contributed by atoms with Crippen LogP contribution in [-0.2, 0) is 14.3 Å². The molecule has 0 unspecified atom stereocenters. The van der Waals surface area contributed by atoms with Crippen LogP contribution in [0.25, 0.3) is 0 Å². The molecule has 1 fully saturated rings. The number of nitrogens with zero attached hydrogens (tertiary/aromatic N) is 2. The number of ether oxygens (including phenoxy) is 3. The molecule has 1 N–H and O–H groups in total. The number of morpholine rings is 1. The van der Waals surface area contributed by atoms with Gasteiger partial charge in [0.1, 0.15) is 11.5 Å². The Hall–Kier alpha value is -3.26. The van der Waals surface area contributed by atoms with Crippen molar-refractivity contribution in [2.75, 3.05) is 56.2 Å². The molecule has 1 atom stereocenters. The van der Waals surface area contributed by atoms with Crippen molar-refractivity contribution < 1.29 is 23.8 Å². The first-order valence-electron chi connectivity index (χ1n) is 10.5. The summed E-state index contributed by atoms with van der Waals surface area (Å²) in [5.41, 5.74) is 1.42. The van der Waals surface area contributed by atoms with E-state index in [1.165, 1.54) is 0 Å². The molecule has 0 saturated carbocycles. The number of amides is 2. The number of hydrogen-bond donors (Lipinski definition) is 1. The molecule has 2 heterocycles. The first kappa shape index (κ1) is 21.0. The highest BCUT2D eigenvalue weighted by Gasteiger charge is 2.34. The molecule has 0 radical (unpaired) electrons. The van der Waals surface area contributed by atoms with E-state index in [1.807, 2.05) is 54.3 Å². The molecule has 8 nitrogen and oxygen atoms in total. The summed E-state index contributed by atoms with van der Waals surface area (Å²) < 4.78 is 16.9. The molecule has 0 bridgehead atoms. The molecule has 1 saturated heterocycles. The maximum Gasteiger partial charge on any atom is 0.265 e. The van der Waals surface area contributed by atoms with Crippen LogP contribution in [0, 0.1) is 0 Å². The van der Waals surface area contributed by atoms with Crippen LogP contribution in [0.1, 0.15) is 6.92 Å². The van der Waals surface area contributed by atoms with Gasteiger partial charge in [0, 0.05) is 13.1 Å². The van der Waals surface area contributed by atoms with Gasteiger partial charge < -0.3 is 29.3 Å². The molecule has 31 heavy (non-hydrogen) atoms. The Kier molecular flexibility index (Phi) is 6.57. The van der Waals surface area contributed by atoms with Crippen LogP contribution in [0.5, 0.6) is 11.5 Å². The Morgan fingerprint density at radius 3 is 2.65 bits per heavy atom. The van der Waals surface area contributed by atoms with Crippen LogP contribution in [0.2, 0.25) is 0 Å². The van der Waals surface area contributed by atoms with Crippen molar-refractivity contribution in [3.8, 4) is 11.5 Å². The minimum absolute atomic E-state index is 0.0788. The Bertz CT molecular complexity index is 929. The minimum Gasteiger partial charge on any atom is -0.492 e. The Labute approximate surface area is 181 Å². The van der Waals surface area contributed by atoms with Gasteiger partial charge in [-0.05, 0) is 31.2 Å². The van der Waals surface area contributed by atoms with E-state index in [9.17, 15) is 9.59 Å². The molecule has 2 aromatic rings. The summed E-state index contributed by atoms with van der Waals surface area (Å²) >= 11 is 0. The molecule has 2 aliphatic rings. The summed E-state index contributed by atoms with van der Waals surface area (Å²) in [7, 11) is 0. The maximum absolute atomic E-state index is 13.0. The van der Waals surface area contributed by atoms with Crippen LogP contribution >= 0.6 is 0 Å². The molecule has 164 valence electrons.